The van der Waals surface area contributed by atoms with Crippen LogP contribution in [0.3, 0.4) is 0 Å². The Morgan fingerprint density at radius 2 is 2.00 bits per heavy atom. The summed E-state index contributed by atoms with van der Waals surface area (Å²) in [5.41, 5.74) is 8.40. The molecule has 0 radical (unpaired) electrons. The lowest BCUT2D eigenvalue weighted by Crippen LogP contribution is -2.07. The average molecular weight is 380 g/mol. The Balaban J connectivity index is 1.38. The lowest BCUT2D eigenvalue weighted by molar-refractivity contribution is 0.466. The molecule has 0 fully saturated rings. The summed E-state index contributed by atoms with van der Waals surface area (Å²) in [7, 11) is 0. The van der Waals surface area contributed by atoms with E-state index in [1.54, 1.807) is 17.8 Å². The Morgan fingerprint density at radius 3 is 2.81 bits per heavy atom. The van der Waals surface area contributed by atoms with Crippen LogP contribution < -0.4 is 5.73 Å². The Bertz CT molecular complexity index is 1050. The molecule has 0 aliphatic carbocycles. The minimum absolute atomic E-state index is 0.452. The fraction of sp³-hybridized carbons (Fsp3) is 0.176. The Labute approximate surface area is 159 Å². The highest BCUT2D eigenvalue weighted by molar-refractivity contribution is 7.98. The molecule has 0 aliphatic heterocycles. The van der Waals surface area contributed by atoms with E-state index in [0.29, 0.717) is 35.1 Å². The van der Waals surface area contributed by atoms with Crippen LogP contribution in [0.4, 0.5) is 5.82 Å². The van der Waals surface area contributed by atoms with Gasteiger partial charge in [0.2, 0.25) is 5.89 Å². The number of anilines is 1. The van der Waals surface area contributed by atoms with Crippen LogP contribution in [-0.4, -0.2) is 35.2 Å². The molecule has 0 saturated heterocycles. The second kappa shape index (κ2) is 7.54. The van der Waals surface area contributed by atoms with Crippen LogP contribution in [0.15, 0.2) is 52.4 Å². The minimum atomic E-state index is 0.452. The van der Waals surface area contributed by atoms with Crippen LogP contribution in [0.2, 0.25) is 0 Å². The molecule has 0 spiro atoms. The SMILES string of the molecule is Cc1ncc(Cn2cc(CSc3nnc(-c4ccccc4)o3)nn2)c(N)n1. The van der Waals surface area contributed by atoms with Crippen molar-refractivity contribution in [1.82, 2.24) is 35.2 Å². The summed E-state index contributed by atoms with van der Waals surface area (Å²) in [4.78, 5) is 8.32. The number of nitrogens with two attached hydrogens (primary N) is 1. The van der Waals surface area contributed by atoms with Crippen molar-refractivity contribution in [3.8, 4) is 11.5 Å². The molecule has 0 bridgehead atoms. The van der Waals surface area contributed by atoms with Gasteiger partial charge in [0.15, 0.2) is 0 Å². The molecule has 136 valence electrons. The third kappa shape index (κ3) is 4.11. The number of aryl methyl sites for hydroxylation is 1. The predicted molar refractivity (Wildman–Crippen MR) is 99.6 cm³/mol. The molecule has 4 aromatic rings. The molecule has 4 rings (SSSR count). The summed E-state index contributed by atoms with van der Waals surface area (Å²) in [6.07, 6.45) is 3.55. The van der Waals surface area contributed by atoms with Gasteiger partial charge in [0.05, 0.1) is 12.2 Å². The van der Waals surface area contributed by atoms with Crippen LogP contribution in [0.25, 0.3) is 11.5 Å². The highest BCUT2D eigenvalue weighted by atomic mass is 32.2. The molecular formula is C17H16N8OS. The van der Waals surface area contributed by atoms with E-state index in [-0.39, 0.29) is 0 Å². The molecule has 1 aromatic carbocycles. The van der Waals surface area contributed by atoms with Gasteiger partial charge in [-0.3, -0.25) is 0 Å². The molecule has 27 heavy (non-hydrogen) atoms. The molecule has 2 N–H and O–H groups in total. The Hall–Kier alpha value is -3.27. The molecule has 9 nitrogen and oxygen atoms in total. The van der Waals surface area contributed by atoms with E-state index in [1.165, 1.54) is 11.8 Å². The summed E-state index contributed by atoms with van der Waals surface area (Å²) >= 11 is 1.41. The monoisotopic (exact) mass is 380 g/mol. The zero-order valence-electron chi connectivity index (χ0n) is 14.5. The molecular weight excluding hydrogens is 364 g/mol. The van der Waals surface area contributed by atoms with Gasteiger partial charge in [-0.25, -0.2) is 14.6 Å². The zero-order valence-corrected chi connectivity index (χ0v) is 15.3. The number of rotatable bonds is 6. The number of hydrogen-bond donors (Lipinski definition) is 1. The van der Waals surface area contributed by atoms with Crippen LogP contribution in [0.1, 0.15) is 17.1 Å². The van der Waals surface area contributed by atoms with Gasteiger partial charge in [-0.1, -0.05) is 35.2 Å². The molecule has 3 aromatic heterocycles. The van der Waals surface area contributed by atoms with Gasteiger partial charge in [-0.2, -0.15) is 0 Å². The number of thioether (sulfide) groups is 1. The van der Waals surface area contributed by atoms with E-state index in [4.69, 9.17) is 10.2 Å². The van der Waals surface area contributed by atoms with Crippen molar-refractivity contribution in [2.24, 2.45) is 0 Å². The topological polar surface area (TPSA) is 121 Å². The van der Waals surface area contributed by atoms with Gasteiger partial charge in [-0.05, 0) is 19.1 Å². The van der Waals surface area contributed by atoms with Crippen molar-refractivity contribution in [3.05, 3.63) is 59.8 Å². The first kappa shape index (κ1) is 17.2. The first-order valence-corrected chi connectivity index (χ1v) is 9.14. The van der Waals surface area contributed by atoms with E-state index < -0.39 is 0 Å². The van der Waals surface area contributed by atoms with Crippen LogP contribution >= 0.6 is 11.8 Å². The second-order valence-corrected chi connectivity index (χ2v) is 6.69. The molecule has 10 heteroatoms. The van der Waals surface area contributed by atoms with E-state index in [9.17, 15) is 0 Å². The van der Waals surface area contributed by atoms with Crippen molar-refractivity contribution < 1.29 is 4.42 Å². The average Bonchev–Trinajstić information content (AvgIpc) is 3.32. The second-order valence-electron chi connectivity index (χ2n) is 5.76. The first-order chi connectivity index (χ1) is 13.2. The zero-order chi connectivity index (χ0) is 18.6. The first-order valence-electron chi connectivity index (χ1n) is 8.16. The minimum Gasteiger partial charge on any atom is -0.411 e. The van der Waals surface area contributed by atoms with Crippen molar-refractivity contribution in [3.63, 3.8) is 0 Å². The number of aromatic nitrogens is 7. The summed E-state index contributed by atoms with van der Waals surface area (Å²) in [6, 6.07) is 9.64. The Morgan fingerprint density at radius 1 is 1.15 bits per heavy atom. The van der Waals surface area contributed by atoms with Crippen molar-refractivity contribution in [1.29, 1.82) is 0 Å². The number of nitrogen functional groups attached to an aromatic ring is 1. The summed E-state index contributed by atoms with van der Waals surface area (Å²) < 4.78 is 7.37. The van der Waals surface area contributed by atoms with Gasteiger partial charge in [0.1, 0.15) is 11.6 Å². The Kier molecular flexibility index (Phi) is 4.79. The quantitative estimate of drug-likeness (QED) is 0.502. The van der Waals surface area contributed by atoms with Gasteiger partial charge >= 0.3 is 0 Å². The fourth-order valence-electron chi connectivity index (χ4n) is 2.39. The van der Waals surface area contributed by atoms with Gasteiger partial charge < -0.3 is 10.2 Å². The summed E-state index contributed by atoms with van der Waals surface area (Å²) in [6.45, 7) is 2.26. The molecule has 0 saturated carbocycles. The molecule has 0 unspecified atom stereocenters. The van der Waals surface area contributed by atoms with Crippen molar-refractivity contribution in [2.45, 2.75) is 24.4 Å². The number of benzene rings is 1. The van der Waals surface area contributed by atoms with Crippen LogP contribution in [0, 0.1) is 6.92 Å². The van der Waals surface area contributed by atoms with E-state index >= 15 is 0 Å². The van der Waals surface area contributed by atoms with Gasteiger partial charge in [0, 0.05) is 29.3 Å². The van der Waals surface area contributed by atoms with Crippen molar-refractivity contribution >= 4 is 17.6 Å². The maximum atomic E-state index is 5.92. The van der Waals surface area contributed by atoms with Crippen molar-refractivity contribution in [2.75, 3.05) is 5.73 Å². The van der Waals surface area contributed by atoms with E-state index in [0.717, 1.165) is 16.8 Å². The highest BCUT2D eigenvalue weighted by Crippen LogP contribution is 2.25. The smallest absolute Gasteiger partial charge is 0.277 e. The maximum absolute atomic E-state index is 5.92. The third-order valence-electron chi connectivity index (χ3n) is 3.71. The maximum Gasteiger partial charge on any atom is 0.277 e. The largest absolute Gasteiger partial charge is 0.411 e. The summed E-state index contributed by atoms with van der Waals surface area (Å²) in [5.74, 6) is 2.15. The predicted octanol–water partition coefficient (Wildman–Crippen LogP) is 2.35. The third-order valence-corrected chi connectivity index (χ3v) is 4.56. The highest BCUT2D eigenvalue weighted by Gasteiger charge is 2.11. The van der Waals surface area contributed by atoms with Crippen LogP contribution in [-0.2, 0) is 12.3 Å². The lowest BCUT2D eigenvalue weighted by Gasteiger charge is -2.04. The van der Waals surface area contributed by atoms with Gasteiger partial charge in [-0.15, -0.1) is 15.3 Å². The van der Waals surface area contributed by atoms with Crippen LogP contribution in [0.5, 0.6) is 0 Å². The molecule has 0 amide bonds. The lowest BCUT2D eigenvalue weighted by atomic mass is 10.2. The standard InChI is InChI=1S/C17H16N8OS/c1-11-19-7-13(15(18)20-11)8-25-9-14(21-24-25)10-27-17-23-22-16(26-17)12-5-3-2-4-6-12/h2-7,9H,8,10H2,1H3,(H2,18,19,20). The fourth-order valence-corrected chi connectivity index (χ4v) is 3.03. The van der Waals surface area contributed by atoms with E-state index in [2.05, 4.69) is 30.5 Å². The molecule has 0 atom stereocenters. The number of nitrogens with zero attached hydrogens (tertiary/aromatic N) is 7. The molecule has 0 aliphatic rings. The van der Waals surface area contributed by atoms with Gasteiger partial charge in [0.25, 0.3) is 5.22 Å². The summed E-state index contributed by atoms with van der Waals surface area (Å²) in [5, 5.41) is 16.9. The van der Waals surface area contributed by atoms with E-state index in [1.807, 2.05) is 36.5 Å². The normalized spacial score (nSPS) is 11.0. The molecule has 3 heterocycles. The number of hydrogen-bond acceptors (Lipinski definition) is 9.